The molecule has 0 bridgehead atoms. The van der Waals surface area contributed by atoms with Crippen LogP contribution in [0.2, 0.25) is 0 Å². The van der Waals surface area contributed by atoms with Gasteiger partial charge in [-0.2, -0.15) is 0 Å². The molecule has 0 unspecified atom stereocenters. The monoisotopic (exact) mass is 166 g/mol. The quantitative estimate of drug-likeness (QED) is 0.584. The van der Waals surface area contributed by atoms with Crippen LogP contribution in [0.4, 0.5) is 0 Å². The molecule has 2 heteroatoms. The SMILES string of the molecule is COC1(OC)C=CC=CC=C1C. The number of methoxy groups -OCH3 is 2. The number of hydrogen-bond acceptors (Lipinski definition) is 2. The summed E-state index contributed by atoms with van der Waals surface area (Å²) in [5.41, 5.74) is 1.04. The van der Waals surface area contributed by atoms with Crippen LogP contribution in [0.1, 0.15) is 6.92 Å². The Balaban J connectivity index is 3.01. The predicted octanol–water partition coefficient (Wildman–Crippen LogP) is 2.05. The van der Waals surface area contributed by atoms with E-state index in [4.69, 9.17) is 9.47 Å². The minimum atomic E-state index is -0.677. The van der Waals surface area contributed by atoms with Crippen LogP contribution >= 0.6 is 0 Å². The van der Waals surface area contributed by atoms with E-state index >= 15 is 0 Å². The molecule has 12 heavy (non-hydrogen) atoms. The van der Waals surface area contributed by atoms with E-state index in [0.717, 1.165) is 5.57 Å². The van der Waals surface area contributed by atoms with Crippen LogP contribution in [-0.2, 0) is 9.47 Å². The molecule has 2 nitrogen and oxygen atoms in total. The molecule has 0 radical (unpaired) electrons. The third kappa shape index (κ3) is 1.49. The van der Waals surface area contributed by atoms with Crippen molar-refractivity contribution in [2.24, 2.45) is 0 Å². The van der Waals surface area contributed by atoms with Crippen molar-refractivity contribution in [2.45, 2.75) is 12.7 Å². The third-order valence-electron chi connectivity index (χ3n) is 2.04. The highest BCUT2D eigenvalue weighted by atomic mass is 16.7. The molecule has 0 atom stereocenters. The van der Waals surface area contributed by atoms with Gasteiger partial charge in [-0.1, -0.05) is 24.3 Å². The first kappa shape index (κ1) is 9.23. The molecule has 0 aromatic carbocycles. The van der Waals surface area contributed by atoms with Gasteiger partial charge in [0.05, 0.1) is 0 Å². The van der Waals surface area contributed by atoms with Crippen LogP contribution in [0.3, 0.4) is 0 Å². The topological polar surface area (TPSA) is 18.5 Å². The Hall–Kier alpha value is -0.860. The smallest absolute Gasteiger partial charge is 0.210 e. The minimum absolute atomic E-state index is 0.677. The molecule has 1 aliphatic carbocycles. The summed E-state index contributed by atoms with van der Waals surface area (Å²) in [4.78, 5) is 0. The second kappa shape index (κ2) is 3.70. The average molecular weight is 166 g/mol. The van der Waals surface area contributed by atoms with Gasteiger partial charge >= 0.3 is 0 Å². The Morgan fingerprint density at radius 2 is 1.75 bits per heavy atom. The summed E-state index contributed by atoms with van der Waals surface area (Å²) in [6, 6.07) is 0. The fraction of sp³-hybridized carbons (Fsp3) is 0.400. The molecule has 0 heterocycles. The van der Waals surface area contributed by atoms with Gasteiger partial charge in [0.25, 0.3) is 0 Å². The molecule has 0 fully saturated rings. The second-order valence-electron chi connectivity index (χ2n) is 2.67. The summed E-state index contributed by atoms with van der Waals surface area (Å²) >= 11 is 0. The average Bonchev–Trinajstić information content (AvgIpc) is 2.28. The summed E-state index contributed by atoms with van der Waals surface area (Å²) < 4.78 is 10.6. The van der Waals surface area contributed by atoms with Crippen molar-refractivity contribution in [1.82, 2.24) is 0 Å². The molecule has 1 aliphatic rings. The summed E-state index contributed by atoms with van der Waals surface area (Å²) in [6.07, 6.45) is 9.70. The fourth-order valence-corrected chi connectivity index (χ4v) is 1.24. The zero-order valence-corrected chi connectivity index (χ0v) is 7.70. The highest BCUT2D eigenvalue weighted by Crippen LogP contribution is 2.24. The van der Waals surface area contributed by atoms with Crippen molar-refractivity contribution in [3.05, 3.63) is 36.0 Å². The van der Waals surface area contributed by atoms with Crippen molar-refractivity contribution in [1.29, 1.82) is 0 Å². The van der Waals surface area contributed by atoms with E-state index in [1.807, 2.05) is 37.3 Å². The van der Waals surface area contributed by atoms with E-state index in [-0.39, 0.29) is 0 Å². The molecule has 1 rings (SSSR count). The standard InChI is InChI=1S/C10H14O2/c1-9-7-5-4-6-8-10(9,11-2)12-3/h4-8H,1-3H3. The van der Waals surface area contributed by atoms with Crippen molar-refractivity contribution < 1.29 is 9.47 Å². The van der Waals surface area contributed by atoms with E-state index in [1.54, 1.807) is 14.2 Å². The van der Waals surface area contributed by atoms with Crippen LogP contribution in [0, 0.1) is 0 Å². The fourth-order valence-electron chi connectivity index (χ4n) is 1.24. The Kier molecular flexibility index (Phi) is 2.84. The van der Waals surface area contributed by atoms with Gasteiger partial charge in [-0.15, -0.1) is 0 Å². The normalized spacial score (nSPS) is 20.4. The molecule has 0 saturated carbocycles. The third-order valence-corrected chi connectivity index (χ3v) is 2.04. The first-order valence-corrected chi connectivity index (χ1v) is 3.89. The largest absolute Gasteiger partial charge is 0.346 e. The Labute approximate surface area is 73.2 Å². The molecule has 0 N–H and O–H groups in total. The molecule has 0 aliphatic heterocycles. The van der Waals surface area contributed by atoms with E-state index in [0.29, 0.717) is 0 Å². The van der Waals surface area contributed by atoms with Gasteiger partial charge in [0.2, 0.25) is 5.79 Å². The summed E-state index contributed by atoms with van der Waals surface area (Å²) in [6.45, 7) is 1.98. The van der Waals surface area contributed by atoms with Crippen LogP contribution in [-0.4, -0.2) is 20.0 Å². The van der Waals surface area contributed by atoms with E-state index in [1.165, 1.54) is 0 Å². The molecule has 0 saturated heterocycles. The van der Waals surface area contributed by atoms with E-state index in [2.05, 4.69) is 0 Å². The predicted molar refractivity (Wildman–Crippen MR) is 48.8 cm³/mol. The first-order chi connectivity index (χ1) is 5.75. The van der Waals surface area contributed by atoms with Gasteiger partial charge in [0.15, 0.2) is 0 Å². The molecule has 66 valence electrons. The molecule has 0 amide bonds. The molecule has 0 spiro atoms. The lowest BCUT2D eigenvalue weighted by Crippen LogP contribution is -2.32. The van der Waals surface area contributed by atoms with Gasteiger partial charge in [0.1, 0.15) is 0 Å². The molecular weight excluding hydrogens is 152 g/mol. The van der Waals surface area contributed by atoms with E-state index < -0.39 is 5.79 Å². The van der Waals surface area contributed by atoms with Gasteiger partial charge in [0, 0.05) is 14.2 Å². The molecule has 0 aromatic heterocycles. The van der Waals surface area contributed by atoms with Crippen LogP contribution in [0.5, 0.6) is 0 Å². The maximum atomic E-state index is 5.30. The van der Waals surface area contributed by atoms with Crippen LogP contribution < -0.4 is 0 Å². The number of allylic oxidation sites excluding steroid dienone is 4. The van der Waals surface area contributed by atoms with Crippen LogP contribution in [0.25, 0.3) is 0 Å². The van der Waals surface area contributed by atoms with Gasteiger partial charge in [-0.25, -0.2) is 0 Å². The minimum Gasteiger partial charge on any atom is -0.346 e. The van der Waals surface area contributed by atoms with Gasteiger partial charge < -0.3 is 9.47 Å². The second-order valence-corrected chi connectivity index (χ2v) is 2.67. The Morgan fingerprint density at radius 3 is 2.33 bits per heavy atom. The number of ether oxygens (including phenoxy) is 2. The van der Waals surface area contributed by atoms with E-state index in [9.17, 15) is 0 Å². The summed E-state index contributed by atoms with van der Waals surface area (Å²) in [5, 5.41) is 0. The Bertz CT molecular complexity index is 232. The lowest BCUT2D eigenvalue weighted by molar-refractivity contribution is -0.141. The lowest BCUT2D eigenvalue weighted by atomic mass is 10.1. The zero-order valence-electron chi connectivity index (χ0n) is 7.70. The highest BCUT2D eigenvalue weighted by molar-refractivity contribution is 5.30. The summed E-state index contributed by atoms with van der Waals surface area (Å²) in [7, 11) is 3.27. The zero-order chi connectivity index (χ0) is 9.03. The van der Waals surface area contributed by atoms with Gasteiger partial charge in [-0.3, -0.25) is 0 Å². The first-order valence-electron chi connectivity index (χ1n) is 3.89. The maximum Gasteiger partial charge on any atom is 0.210 e. The number of hydrogen-bond donors (Lipinski definition) is 0. The molecular formula is C10H14O2. The van der Waals surface area contributed by atoms with Gasteiger partial charge in [-0.05, 0) is 18.6 Å². The number of rotatable bonds is 2. The van der Waals surface area contributed by atoms with Crippen molar-refractivity contribution in [3.63, 3.8) is 0 Å². The van der Waals surface area contributed by atoms with Crippen LogP contribution in [0.15, 0.2) is 36.0 Å². The maximum absolute atomic E-state index is 5.30. The lowest BCUT2D eigenvalue weighted by Gasteiger charge is -2.27. The summed E-state index contributed by atoms with van der Waals surface area (Å²) in [5.74, 6) is -0.677. The molecule has 0 aromatic rings. The van der Waals surface area contributed by atoms with Crippen molar-refractivity contribution >= 4 is 0 Å². The highest BCUT2D eigenvalue weighted by Gasteiger charge is 2.28. The van der Waals surface area contributed by atoms with Crippen molar-refractivity contribution in [3.8, 4) is 0 Å². The van der Waals surface area contributed by atoms with Crippen molar-refractivity contribution in [2.75, 3.05) is 14.2 Å². The Morgan fingerprint density at radius 1 is 1.08 bits per heavy atom.